The summed E-state index contributed by atoms with van der Waals surface area (Å²) < 4.78 is 32.9. The van der Waals surface area contributed by atoms with Crippen LogP contribution in [0.5, 0.6) is 5.75 Å². The van der Waals surface area contributed by atoms with Gasteiger partial charge in [-0.1, -0.05) is 13.8 Å². The number of rotatable bonds is 5. The smallest absolute Gasteiger partial charge is 0.308 e. The normalized spacial score (nSPS) is 22.1. The summed E-state index contributed by atoms with van der Waals surface area (Å²) in [5.41, 5.74) is 1.42. The van der Waals surface area contributed by atoms with Crippen molar-refractivity contribution in [1.82, 2.24) is 4.31 Å². The zero-order valence-corrected chi connectivity index (χ0v) is 15.6. The van der Waals surface area contributed by atoms with Gasteiger partial charge in [0.15, 0.2) is 0 Å². The minimum Gasteiger partial charge on any atom is -0.496 e. The Bertz CT molecular complexity index is 742. The summed E-state index contributed by atoms with van der Waals surface area (Å²) in [6.07, 6.45) is 0.335. The maximum Gasteiger partial charge on any atom is 0.308 e. The fraction of sp³-hybridized carbons (Fsp3) is 0.588. The number of aryl methyl sites for hydroxylation is 1. The van der Waals surface area contributed by atoms with Crippen LogP contribution in [-0.4, -0.2) is 43.5 Å². The van der Waals surface area contributed by atoms with E-state index in [0.717, 1.165) is 5.56 Å². The molecule has 1 aromatic carbocycles. The molecule has 1 saturated heterocycles. The van der Waals surface area contributed by atoms with E-state index in [-0.39, 0.29) is 17.4 Å². The van der Waals surface area contributed by atoms with Gasteiger partial charge in [0, 0.05) is 12.6 Å². The van der Waals surface area contributed by atoms with Crippen LogP contribution >= 0.6 is 0 Å². The molecule has 0 bridgehead atoms. The second-order valence-electron chi connectivity index (χ2n) is 6.60. The monoisotopic (exact) mass is 355 g/mol. The molecule has 134 valence electrons. The van der Waals surface area contributed by atoms with E-state index in [1.165, 1.54) is 4.31 Å². The number of carboxylic acids is 1. The lowest BCUT2D eigenvalue weighted by Gasteiger charge is -2.25. The standard InChI is InChI=1S/C17H25NO5S/c1-10(2)14-9-16(11(3)8-15(14)23-5)24(21,22)18-7-6-13(12(18)4)17(19)20/h8-10,12-13H,6-7H2,1-5H3,(H,19,20). The molecule has 0 aromatic heterocycles. The number of carbonyl (C=O) groups is 1. The van der Waals surface area contributed by atoms with Gasteiger partial charge in [-0.3, -0.25) is 4.79 Å². The first-order chi connectivity index (χ1) is 11.1. The topological polar surface area (TPSA) is 83.9 Å². The number of methoxy groups -OCH3 is 1. The lowest BCUT2D eigenvalue weighted by molar-refractivity contribution is -0.142. The molecule has 1 aliphatic rings. The predicted octanol–water partition coefficient (Wildman–Crippen LogP) is 2.61. The van der Waals surface area contributed by atoms with Gasteiger partial charge in [-0.2, -0.15) is 4.31 Å². The van der Waals surface area contributed by atoms with E-state index in [4.69, 9.17) is 4.74 Å². The van der Waals surface area contributed by atoms with Crippen LogP contribution in [0.4, 0.5) is 0 Å². The minimum atomic E-state index is -3.75. The molecule has 2 atom stereocenters. The number of ether oxygens (including phenoxy) is 1. The quantitative estimate of drug-likeness (QED) is 0.878. The Labute approximate surface area is 143 Å². The van der Waals surface area contributed by atoms with E-state index >= 15 is 0 Å². The van der Waals surface area contributed by atoms with Crippen molar-refractivity contribution < 1.29 is 23.1 Å². The highest BCUT2D eigenvalue weighted by Gasteiger charge is 2.42. The Balaban J connectivity index is 2.51. The third-order valence-electron chi connectivity index (χ3n) is 4.75. The number of nitrogens with zero attached hydrogens (tertiary/aromatic N) is 1. The molecule has 1 heterocycles. The Morgan fingerprint density at radius 3 is 2.46 bits per heavy atom. The zero-order valence-electron chi connectivity index (χ0n) is 14.7. The molecule has 0 radical (unpaired) electrons. The highest BCUT2D eigenvalue weighted by atomic mass is 32.2. The van der Waals surface area contributed by atoms with Crippen LogP contribution < -0.4 is 4.74 Å². The summed E-state index contributed by atoms with van der Waals surface area (Å²) in [6.45, 7) is 7.56. The van der Waals surface area contributed by atoms with E-state index in [0.29, 0.717) is 17.7 Å². The molecule has 1 N–H and O–H groups in total. The fourth-order valence-corrected chi connectivity index (χ4v) is 5.22. The first-order valence-corrected chi connectivity index (χ1v) is 9.48. The molecule has 0 saturated carbocycles. The summed E-state index contributed by atoms with van der Waals surface area (Å²) in [5.74, 6) is -0.839. The Kier molecular flexibility index (Phi) is 5.25. The molecule has 1 fully saturated rings. The van der Waals surface area contributed by atoms with Crippen LogP contribution in [0.2, 0.25) is 0 Å². The fourth-order valence-electron chi connectivity index (χ4n) is 3.29. The molecule has 0 spiro atoms. The molecule has 0 amide bonds. The summed E-state index contributed by atoms with van der Waals surface area (Å²) >= 11 is 0. The van der Waals surface area contributed by atoms with Crippen LogP contribution in [0.15, 0.2) is 17.0 Å². The summed E-state index contributed by atoms with van der Waals surface area (Å²) in [7, 11) is -2.19. The third kappa shape index (κ3) is 3.15. The van der Waals surface area contributed by atoms with Gasteiger partial charge in [0.25, 0.3) is 0 Å². The van der Waals surface area contributed by atoms with Gasteiger partial charge in [0.05, 0.1) is 17.9 Å². The van der Waals surface area contributed by atoms with E-state index < -0.39 is 28.0 Å². The molecule has 1 aliphatic heterocycles. The predicted molar refractivity (Wildman–Crippen MR) is 90.9 cm³/mol. The minimum absolute atomic E-state index is 0.109. The van der Waals surface area contributed by atoms with Gasteiger partial charge < -0.3 is 9.84 Å². The van der Waals surface area contributed by atoms with Gasteiger partial charge in [0.1, 0.15) is 5.75 Å². The highest BCUT2D eigenvalue weighted by Crippen LogP contribution is 2.36. The van der Waals surface area contributed by atoms with Crippen LogP contribution in [0, 0.1) is 12.8 Å². The summed E-state index contributed by atoms with van der Waals surface area (Å²) in [5, 5.41) is 9.24. The SMILES string of the molecule is COc1cc(C)c(S(=O)(=O)N2CCC(C(=O)O)C2C)cc1C(C)C. The Hall–Kier alpha value is -1.60. The summed E-state index contributed by atoms with van der Waals surface area (Å²) in [4.78, 5) is 11.5. The van der Waals surface area contributed by atoms with E-state index in [9.17, 15) is 18.3 Å². The molecule has 2 unspecified atom stereocenters. The van der Waals surface area contributed by atoms with Crippen molar-refractivity contribution in [1.29, 1.82) is 0 Å². The van der Waals surface area contributed by atoms with E-state index in [2.05, 4.69) is 0 Å². The third-order valence-corrected chi connectivity index (χ3v) is 6.88. The number of benzene rings is 1. The number of sulfonamides is 1. The van der Waals surface area contributed by atoms with Gasteiger partial charge in [0.2, 0.25) is 10.0 Å². The van der Waals surface area contributed by atoms with Crippen LogP contribution in [0.1, 0.15) is 44.2 Å². The molecule has 6 nitrogen and oxygen atoms in total. The van der Waals surface area contributed by atoms with Crippen molar-refractivity contribution in [2.45, 2.75) is 51.0 Å². The number of aliphatic carboxylic acids is 1. The van der Waals surface area contributed by atoms with Crippen molar-refractivity contribution in [2.75, 3.05) is 13.7 Å². The highest BCUT2D eigenvalue weighted by molar-refractivity contribution is 7.89. The maximum absolute atomic E-state index is 13.1. The maximum atomic E-state index is 13.1. The van der Waals surface area contributed by atoms with Gasteiger partial charge in [-0.25, -0.2) is 8.42 Å². The average molecular weight is 355 g/mol. The van der Waals surface area contributed by atoms with Crippen molar-refractivity contribution in [2.24, 2.45) is 5.92 Å². The van der Waals surface area contributed by atoms with E-state index in [1.54, 1.807) is 33.1 Å². The number of hydrogen-bond acceptors (Lipinski definition) is 4. The molecular formula is C17H25NO5S. The van der Waals surface area contributed by atoms with Crippen LogP contribution in [-0.2, 0) is 14.8 Å². The lowest BCUT2D eigenvalue weighted by Crippen LogP contribution is -2.38. The van der Waals surface area contributed by atoms with Crippen LogP contribution in [0.25, 0.3) is 0 Å². The average Bonchev–Trinajstić information content (AvgIpc) is 2.88. The largest absolute Gasteiger partial charge is 0.496 e. The van der Waals surface area contributed by atoms with Gasteiger partial charge in [-0.05, 0) is 49.4 Å². The first-order valence-electron chi connectivity index (χ1n) is 8.04. The van der Waals surface area contributed by atoms with Crippen molar-refractivity contribution in [3.8, 4) is 5.75 Å². The van der Waals surface area contributed by atoms with E-state index in [1.807, 2.05) is 13.8 Å². The summed E-state index contributed by atoms with van der Waals surface area (Å²) in [6, 6.07) is 2.84. The molecule has 1 aromatic rings. The second-order valence-corrected chi connectivity index (χ2v) is 8.46. The van der Waals surface area contributed by atoms with Gasteiger partial charge in [-0.15, -0.1) is 0 Å². The second kappa shape index (κ2) is 6.72. The van der Waals surface area contributed by atoms with Gasteiger partial charge >= 0.3 is 5.97 Å². The molecule has 0 aliphatic carbocycles. The van der Waals surface area contributed by atoms with Crippen molar-refractivity contribution in [3.63, 3.8) is 0 Å². The number of hydrogen-bond donors (Lipinski definition) is 1. The zero-order chi connectivity index (χ0) is 18.2. The van der Waals surface area contributed by atoms with Crippen LogP contribution in [0.3, 0.4) is 0 Å². The molecule has 24 heavy (non-hydrogen) atoms. The molecular weight excluding hydrogens is 330 g/mol. The lowest BCUT2D eigenvalue weighted by atomic mass is 10.0. The molecule has 2 rings (SSSR count). The van der Waals surface area contributed by atoms with Crippen molar-refractivity contribution in [3.05, 3.63) is 23.3 Å². The Morgan fingerprint density at radius 1 is 1.38 bits per heavy atom. The Morgan fingerprint density at radius 2 is 2.00 bits per heavy atom. The molecule has 7 heteroatoms. The van der Waals surface area contributed by atoms with Crippen molar-refractivity contribution >= 4 is 16.0 Å². The first kappa shape index (κ1) is 18.7. The number of carboxylic acid groups (broad SMARTS) is 1.